The van der Waals surface area contributed by atoms with Crippen LogP contribution in [0, 0.1) is 0 Å². The van der Waals surface area contributed by atoms with E-state index in [2.05, 4.69) is 37.6 Å². The minimum Gasteiger partial charge on any atom is -0.367 e. The Morgan fingerprint density at radius 1 is 1.08 bits per heavy atom. The third kappa shape index (κ3) is 2.81. The van der Waals surface area contributed by atoms with Gasteiger partial charge < -0.3 is 10.2 Å². The summed E-state index contributed by atoms with van der Waals surface area (Å²) in [4.78, 5) is 18.4. The molecule has 2 aromatic rings. The van der Waals surface area contributed by atoms with Crippen LogP contribution in [0.15, 0.2) is 88.2 Å². The minimum atomic E-state index is -0.278. The van der Waals surface area contributed by atoms with Gasteiger partial charge in [-0.1, -0.05) is 36.4 Å². The topological polar surface area (TPSA) is 70.0 Å². The summed E-state index contributed by atoms with van der Waals surface area (Å²) in [6.07, 6.45) is 3.57. The molecular formula is C18H15N5O. The van der Waals surface area contributed by atoms with Gasteiger partial charge >= 0.3 is 0 Å². The second-order valence-corrected chi connectivity index (χ2v) is 5.60. The van der Waals surface area contributed by atoms with Crippen LogP contribution in [0.4, 0.5) is 0 Å². The van der Waals surface area contributed by atoms with Crippen LogP contribution in [-0.2, 0) is 6.54 Å². The molecule has 6 heteroatoms. The van der Waals surface area contributed by atoms with E-state index in [4.69, 9.17) is 0 Å². The van der Waals surface area contributed by atoms with Gasteiger partial charge in [0.05, 0.1) is 0 Å². The third-order valence-electron chi connectivity index (χ3n) is 3.88. The molecule has 1 aromatic carbocycles. The standard InChI is InChI=1S/C18H15N5O/c24-18(15-8-4-5-9-19-15)20-17-14-11-23(12-16(14)21-22-17)10-13-6-2-1-3-7-13/h1-9,12H,10-11H2,(H,20,24). The van der Waals surface area contributed by atoms with Crippen LogP contribution in [0.5, 0.6) is 0 Å². The van der Waals surface area contributed by atoms with Crippen LogP contribution in [-0.4, -0.2) is 22.3 Å². The Balaban J connectivity index is 1.48. The van der Waals surface area contributed by atoms with Crippen LogP contribution in [0.3, 0.4) is 0 Å². The normalized spacial score (nSPS) is 15.5. The van der Waals surface area contributed by atoms with Gasteiger partial charge in [-0.05, 0) is 17.7 Å². The Kier molecular flexibility index (Phi) is 3.63. The van der Waals surface area contributed by atoms with E-state index in [0.29, 0.717) is 18.1 Å². The highest BCUT2D eigenvalue weighted by molar-refractivity contribution is 5.93. The number of pyridine rings is 1. The number of nitrogens with one attached hydrogen (secondary N) is 1. The van der Waals surface area contributed by atoms with Crippen molar-refractivity contribution in [1.29, 1.82) is 0 Å². The van der Waals surface area contributed by atoms with Gasteiger partial charge in [0.15, 0.2) is 5.82 Å². The average Bonchev–Trinajstić information content (AvgIpc) is 3.18. The van der Waals surface area contributed by atoms with Crippen molar-refractivity contribution >= 4 is 5.91 Å². The summed E-state index contributed by atoms with van der Waals surface area (Å²) < 4.78 is 0. The van der Waals surface area contributed by atoms with Crippen molar-refractivity contribution in [2.24, 2.45) is 10.2 Å². The van der Waals surface area contributed by atoms with Gasteiger partial charge in [-0.2, -0.15) is 0 Å². The van der Waals surface area contributed by atoms with Crippen LogP contribution in [0.2, 0.25) is 0 Å². The molecule has 6 nitrogen and oxygen atoms in total. The predicted molar refractivity (Wildman–Crippen MR) is 88.5 cm³/mol. The molecule has 2 aliphatic heterocycles. The Hall–Kier alpha value is -3.28. The molecule has 118 valence electrons. The fraction of sp³-hybridized carbons (Fsp3) is 0.111. The largest absolute Gasteiger partial charge is 0.367 e. The molecular weight excluding hydrogens is 302 g/mol. The first-order chi connectivity index (χ1) is 11.8. The molecule has 0 bridgehead atoms. The maximum atomic E-state index is 12.2. The van der Waals surface area contributed by atoms with Gasteiger partial charge in [-0.3, -0.25) is 9.78 Å². The number of benzene rings is 1. The van der Waals surface area contributed by atoms with Crippen molar-refractivity contribution in [2.45, 2.75) is 6.54 Å². The number of hydrogen-bond acceptors (Lipinski definition) is 5. The van der Waals surface area contributed by atoms with Crippen molar-refractivity contribution < 1.29 is 4.79 Å². The smallest absolute Gasteiger partial charge is 0.275 e. The second kappa shape index (κ2) is 6.08. The Morgan fingerprint density at radius 2 is 1.92 bits per heavy atom. The number of rotatable bonds is 4. The van der Waals surface area contributed by atoms with Crippen LogP contribution in [0.25, 0.3) is 0 Å². The number of fused-ring (bicyclic) bond motifs is 1. The average molecular weight is 317 g/mol. The molecule has 0 saturated carbocycles. The summed E-state index contributed by atoms with van der Waals surface area (Å²) in [6, 6.07) is 15.4. The lowest BCUT2D eigenvalue weighted by molar-refractivity contribution is 0.0960. The fourth-order valence-electron chi connectivity index (χ4n) is 2.72. The number of aromatic nitrogens is 1. The molecule has 1 amide bonds. The molecule has 0 fully saturated rings. The highest BCUT2D eigenvalue weighted by atomic mass is 16.2. The highest BCUT2D eigenvalue weighted by Crippen LogP contribution is 2.31. The Morgan fingerprint density at radius 3 is 2.71 bits per heavy atom. The summed E-state index contributed by atoms with van der Waals surface area (Å²) in [5.41, 5.74) is 3.33. The van der Waals surface area contributed by atoms with Crippen molar-refractivity contribution in [3.05, 3.63) is 89.3 Å². The first kappa shape index (κ1) is 14.3. The van der Waals surface area contributed by atoms with Gasteiger partial charge in [-0.15, -0.1) is 10.2 Å². The number of nitrogens with zero attached hydrogens (tertiary/aromatic N) is 4. The summed E-state index contributed by atoms with van der Waals surface area (Å²) in [5.74, 6) is 0.229. The molecule has 0 unspecified atom stereocenters. The monoisotopic (exact) mass is 317 g/mol. The highest BCUT2D eigenvalue weighted by Gasteiger charge is 2.27. The van der Waals surface area contributed by atoms with Crippen molar-refractivity contribution in [1.82, 2.24) is 15.2 Å². The minimum absolute atomic E-state index is 0.278. The lowest BCUT2D eigenvalue weighted by Crippen LogP contribution is -2.24. The summed E-state index contributed by atoms with van der Waals surface area (Å²) in [6.45, 7) is 1.47. The molecule has 0 spiro atoms. The second-order valence-electron chi connectivity index (χ2n) is 5.60. The van der Waals surface area contributed by atoms with E-state index < -0.39 is 0 Å². The van der Waals surface area contributed by atoms with Gasteiger partial charge in [0.2, 0.25) is 0 Å². The quantitative estimate of drug-likeness (QED) is 0.942. The van der Waals surface area contributed by atoms with E-state index >= 15 is 0 Å². The maximum Gasteiger partial charge on any atom is 0.275 e. The van der Waals surface area contributed by atoms with Crippen LogP contribution in [0.1, 0.15) is 16.1 Å². The molecule has 24 heavy (non-hydrogen) atoms. The molecule has 4 rings (SSSR count). The maximum absolute atomic E-state index is 12.2. The molecule has 1 aromatic heterocycles. The molecule has 0 aliphatic carbocycles. The molecule has 2 aliphatic rings. The fourth-order valence-corrected chi connectivity index (χ4v) is 2.72. The zero-order valence-corrected chi connectivity index (χ0v) is 12.9. The van der Waals surface area contributed by atoms with Gasteiger partial charge in [0.25, 0.3) is 5.91 Å². The SMILES string of the molecule is O=C(NC1=C2CN(Cc3ccccc3)C=C2N=N1)c1ccccn1. The first-order valence-electron chi connectivity index (χ1n) is 7.67. The molecule has 0 radical (unpaired) electrons. The van der Waals surface area contributed by atoms with E-state index in [9.17, 15) is 4.79 Å². The summed E-state index contributed by atoms with van der Waals surface area (Å²) in [5, 5.41) is 11.0. The zero-order chi connectivity index (χ0) is 16.4. The van der Waals surface area contributed by atoms with Gasteiger partial charge in [-0.25, -0.2) is 0 Å². The number of azo groups is 1. The van der Waals surface area contributed by atoms with Crippen molar-refractivity contribution in [2.75, 3.05) is 6.54 Å². The lowest BCUT2D eigenvalue weighted by Gasteiger charge is -2.15. The first-order valence-corrected chi connectivity index (χ1v) is 7.67. The van der Waals surface area contributed by atoms with E-state index in [1.54, 1.807) is 24.4 Å². The molecule has 1 N–H and O–H groups in total. The molecule has 0 saturated heterocycles. The number of carbonyl (C=O) groups excluding carboxylic acids is 1. The van der Waals surface area contributed by atoms with Crippen LogP contribution >= 0.6 is 0 Å². The van der Waals surface area contributed by atoms with E-state index in [-0.39, 0.29) is 5.91 Å². The van der Waals surface area contributed by atoms with Crippen molar-refractivity contribution in [3.8, 4) is 0 Å². The summed E-state index contributed by atoms with van der Waals surface area (Å²) in [7, 11) is 0. The van der Waals surface area contributed by atoms with Crippen molar-refractivity contribution in [3.63, 3.8) is 0 Å². The third-order valence-corrected chi connectivity index (χ3v) is 3.88. The molecule has 3 heterocycles. The van der Waals surface area contributed by atoms with E-state index in [1.165, 1.54) is 5.56 Å². The number of carbonyl (C=O) groups is 1. The van der Waals surface area contributed by atoms with Gasteiger partial charge in [0, 0.05) is 31.1 Å². The Bertz CT molecular complexity index is 855. The summed E-state index contributed by atoms with van der Waals surface area (Å²) >= 11 is 0. The van der Waals surface area contributed by atoms with E-state index in [0.717, 1.165) is 17.8 Å². The van der Waals surface area contributed by atoms with Crippen LogP contribution < -0.4 is 5.32 Å². The lowest BCUT2D eigenvalue weighted by atomic mass is 10.2. The molecule has 0 atom stereocenters. The van der Waals surface area contributed by atoms with Gasteiger partial charge in [0.1, 0.15) is 11.4 Å². The number of hydrogen-bond donors (Lipinski definition) is 1. The number of amides is 1. The van der Waals surface area contributed by atoms with E-state index in [1.807, 2.05) is 24.4 Å². The predicted octanol–water partition coefficient (Wildman–Crippen LogP) is 2.85. The zero-order valence-electron chi connectivity index (χ0n) is 12.9. The Labute approximate surface area is 139 Å².